The second-order valence-corrected chi connectivity index (χ2v) is 6.16. The molecule has 4 heteroatoms. The van der Waals surface area contributed by atoms with Crippen LogP contribution in [0.15, 0.2) is 47.1 Å². The molecular weight excluding hydrogens is 290 g/mol. The van der Waals surface area contributed by atoms with Crippen LogP contribution in [0.1, 0.15) is 53.8 Å². The van der Waals surface area contributed by atoms with Crippen LogP contribution in [0.5, 0.6) is 0 Å². The van der Waals surface area contributed by atoms with E-state index in [-0.39, 0.29) is 30.1 Å². The molecule has 4 nitrogen and oxygen atoms in total. The number of hydrogen-bond donors (Lipinski definition) is 1. The average molecular weight is 311 g/mol. The van der Waals surface area contributed by atoms with Gasteiger partial charge in [0.05, 0.1) is 12.2 Å². The van der Waals surface area contributed by atoms with Gasteiger partial charge < -0.3 is 9.73 Å². The number of ketones is 1. The SMILES string of the molecule is C[C@H](CC(=O)c1ccco1)NC(=O)[C@@H]1CCCc2ccccc21. The van der Waals surface area contributed by atoms with Gasteiger partial charge in [-0.25, -0.2) is 0 Å². The van der Waals surface area contributed by atoms with Gasteiger partial charge in [0.2, 0.25) is 5.91 Å². The summed E-state index contributed by atoms with van der Waals surface area (Å²) in [6, 6.07) is 11.3. The molecule has 1 aromatic heterocycles. The normalized spacial score (nSPS) is 18.0. The number of carbonyl (C=O) groups excluding carboxylic acids is 2. The molecule has 1 aliphatic carbocycles. The lowest BCUT2D eigenvalue weighted by Crippen LogP contribution is -2.38. The van der Waals surface area contributed by atoms with Crippen molar-refractivity contribution in [2.24, 2.45) is 0 Å². The van der Waals surface area contributed by atoms with Crippen molar-refractivity contribution in [2.75, 3.05) is 0 Å². The second-order valence-electron chi connectivity index (χ2n) is 6.16. The number of amides is 1. The molecule has 120 valence electrons. The van der Waals surface area contributed by atoms with Crippen LogP contribution in [0.2, 0.25) is 0 Å². The number of furan rings is 1. The summed E-state index contributed by atoms with van der Waals surface area (Å²) in [5.74, 6) is 0.152. The molecule has 1 aliphatic rings. The Morgan fingerprint density at radius 2 is 2.09 bits per heavy atom. The number of hydrogen-bond acceptors (Lipinski definition) is 3. The van der Waals surface area contributed by atoms with Gasteiger partial charge in [-0.05, 0) is 49.4 Å². The number of rotatable bonds is 5. The number of nitrogens with one attached hydrogen (secondary N) is 1. The number of fused-ring (bicyclic) bond motifs is 1. The summed E-state index contributed by atoms with van der Waals surface area (Å²) in [7, 11) is 0. The van der Waals surface area contributed by atoms with Crippen LogP contribution < -0.4 is 5.32 Å². The van der Waals surface area contributed by atoms with Crippen LogP contribution in [0, 0.1) is 0 Å². The van der Waals surface area contributed by atoms with E-state index in [0.29, 0.717) is 5.76 Å². The number of aryl methyl sites for hydroxylation is 1. The Labute approximate surface area is 135 Å². The summed E-state index contributed by atoms with van der Waals surface area (Å²) < 4.78 is 5.10. The first-order chi connectivity index (χ1) is 11.1. The Morgan fingerprint density at radius 1 is 1.26 bits per heavy atom. The molecule has 0 saturated heterocycles. The number of benzene rings is 1. The highest BCUT2D eigenvalue weighted by Crippen LogP contribution is 2.31. The number of Topliss-reactive ketones (excluding diaryl/α,β-unsaturated/α-hetero) is 1. The number of carbonyl (C=O) groups is 2. The third kappa shape index (κ3) is 3.52. The molecule has 23 heavy (non-hydrogen) atoms. The van der Waals surface area contributed by atoms with Crippen molar-refractivity contribution in [3.05, 3.63) is 59.5 Å². The lowest BCUT2D eigenvalue weighted by Gasteiger charge is -2.26. The Hall–Kier alpha value is -2.36. The Morgan fingerprint density at radius 3 is 2.87 bits per heavy atom. The largest absolute Gasteiger partial charge is 0.461 e. The van der Waals surface area contributed by atoms with E-state index in [0.717, 1.165) is 24.8 Å². The first kappa shape index (κ1) is 15.5. The van der Waals surface area contributed by atoms with Crippen molar-refractivity contribution in [1.29, 1.82) is 0 Å². The van der Waals surface area contributed by atoms with Crippen molar-refractivity contribution in [3.8, 4) is 0 Å². The molecule has 1 heterocycles. The molecular formula is C19H21NO3. The van der Waals surface area contributed by atoms with Gasteiger partial charge in [-0.1, -0.05) is 24.3 Å². The standard InChI is InChI=1S/C19H21NO3/c1-13(12-17(21)18-10-5-11-23-18)20-19(22)16-9-4-7-14-6-2-3-8-15(14)16/h2-3,5-6,8,10-11,13,16H,4,7,9,12H2,1H3,(H,20,22)/t13-,16-/m1/s1. The smallest absolute Gasteiger partial charge is 0.227 e. The maximum absolute atomic E-state index is 12.6. The third-order valence-corrected chi connectivity index (χ3v) is 4.36. The van der Waals surface area contributed by atoms with E-state index in [4.69, 9.17) is 4.42 Å². The minimum Gasteiger partial charge on any atom is -0.461 e. The van der Waals surface area contributed by atoms with Crippen LogP contribution in [-0.2, 0) is 11.2 Å². The van der Waals surface area contributed by atoms with Crippen LogP contribution in [0.3, 0.4) is 0 Å². The van der Waals surface area contributed by atoms with Crippen LogP contribution >= 0.6 is 0 Å². The monoisotopic (exact) mass is 311 g/mol. The van der Waals surface area contributed by atoms with Gasteiger partial charge in [-0.3, -0.25) is 9.59 Å². The lowest BCUT2D eigenvalue weighted by molar-refractivity contribution is -0.123. The first-order valence-corrected chi connectivity index (χ1v) is 8.10. The van der Waals surface area contributed by atoms with E-state index in [9.17, 15) is 9.59 Å². The average Bonchev–Trinajstić information content (AvgIpc) is 3.08. The van der Waals surface area contributed by atoms with Gasteiger partial charge in [-0.15, -0.1) is 0 Å². The third-order valence-electron chi connectivity index (χ3n) is 4.36. The highest BCUT2D eigenvalue weighted by molar-refractivity contribution is 5.94. The predicted molar refractivity (Wildman–Crippen MR) is 87.4 cm³/mol. The molecule has 0 fully saturated rings. The topological polar surface area (TPSA) is 59.3 Å². The first-order valence-electron chi connectivity index (χ1n) is 8.10. The van der Waals surface area contributed by atoms with E-state index in [2.05, 4.69) is 11.4 Å². The molecule has 0 aliphatic heterocycles. The zero-order valence-electron chi connectivity index (χ0n) is 13.2. The van der Waals surface area contributed by atoms with Gasteiger partial charge in [0.1, 0.15) is 0 Å². The zero-order chi connectivity index (χ0) is 16.2. The summed E-state index contributed by atoms with van der Waals surface area (Å²) in [6.07, 6.45) is 4.64. The summed E-state index contributed by atoms with van der Waals surface area (Å²) in [4.78, 5) is 24.6. The molecule has 1 N–H and O–H groups in total. The fraction of sp³-hybridized carbons (Fsp3) is 0.368. The van der Waals surface area contributed by atoms with Gasteiger partial charge in [-0.2, -0.15) is 0 Å². The fourth-order valence-corrected chi connectivity index (χ4v) is 3.24. The lowest BCUT2D eigenvalue weighted by atomic mass is 9.82. The molecule has 0 radical (unpaired) electrons. The van der Waals surface area contributed by atoms with E-state index in [1.807, 2.05) is 25.1 Å². The van der Waals surface area contributed by atoms with Crippen molar-refractivity contribution in [3.63, 3.8) is 0 Å². The van der Waals surface area contributed by atoms with Crippen molar-refractivity contribution < 1.29 is 14.0 Å². The maximum atomic E-state index is 12.6. The summed E-state index contributed by atoms with van der Waals surface area (Å²) >= 11 is 0. The molecule has 3 rings (SSSR count). The molecule has 0 spiro atoms. The van der Waals surface area contributed by atoms with Crippen LogP contribution in [0.4, 0.5) is 0 Å². The summed E-state index contributed by atoms with van der Waals surface area (Å²) in [5, 5.41) is 2.98. The van der Waals surface area contributed by atoms with Crippen molar-refractivity contribution in [1.82, 2.24) is 5.32 Å². The van der Waals surface area contributed by atoms with Crippen LogP contribution in [0.25, 0.3) is 0 Å². The van der Waals surface area contributed by atoms with E-state index < -0.39 is 0 Å². The Bertz CT molecular complexity index is 690. The van der Waals surface area contributed by atoms with E-state index in [1.165, 1.54) is 11.8 Å². The predicted octanol–water partition coefficient (Wildman–Crippen LogP) is 3.48. The molecule has 0 bridgehead atoms. The van der Waals surface area contributed by atoms with E-state index in [1.54, 1.807) is 12.1 Å². The van der Waals surface area contributed by atoms with Crippen molar-refractivity contribution >= 4 is 11.7 Å². The van der Waals surface area contributed by atoms with E-state index >= 15 is 0 Å². The minimum absolute atomic E-state index is 0.0110. The molecule has 1 aromatic carbocycles. The molecule has 1 amide bonds. The Kier molecular flexibility index (Phi) is 4.60. The van der Waals surface area contributed by atoms with Gasteiger partial charge in [0.25, 0.3) is 0 Å². The van der Waals surface area contributed by atoms with Crippen LogP contribution in [-0.4, -0.2) is 17.7 Å². The van der Waals surface area contributed by atoms with Gasteiger partial charge in [0, 0.05) is 12.5 Å². The van der Waals surface area contributed by atoms with Gasteiger partial charge in [0.15, 0.2) is 11.5 Å². The summed E-state index contributed by atoms with van der Waals surface area (Å²) in [5.41, 5.74) is 2.39. The molecule has 2 atom stereocenters. The highest BCUT2D eigenvalue weighted by Gasteiger charge is 2.27. The minimum atomic E-state index is -0.214. The van der Waals surface area contributed by atoms with Gasteiger partial charge >= 0.3 is 0 Å². The Balaban J connectivity index is 1.62. The molecule has 0 saturated carbocycles. The fourth-order valence-electron chi connectivity index (χ4n) is 3.24. The quantitative estimate of drug-likeness (QED) is 0.860. The highest BCUT2D eigenvalue weighted by atomic mass is 16.3. The molecule has 0 unspecified atom stereocenters. The zero-order valence-corrected chi connectivity index (χ0v) is 13.2. The molecule has 2 aromatic rings. The maximum Gasteiger partial charge on any atom is 0.227 e. The second kappa shape index (κ2) is 6.82. The van der Waals surface area contributed by atoms with Crippen molar-refractivity contribution in [2.45, 2.75) is 44.6 Å². The summed E-state index contributed by atoms with van der Waals surface area (Å²) in [6.45, 7) is 1.85.